The van der Waals surface area contributed by atoms with Gasteiger partial charge in [-0.15, -0.1) is 0 Å². The van der Waals surface area contributed by atoms with Gasteiger partial charge < -0.3 is 10.4 Å². The highest BCUT2D eigenvalue weighted by atomic mass is 16.4. The van der Waals surface area contributed by atoms with Gasteiger partial charge in [0.2, 0.25) is 0 Å². The van der Waals surface area contributed by atoms with Gasteiger partial charge in [0, 0.05) is 6.04 Å². The van der Waals surface area contributed by atoms with Crippen molar-refractivity contribution in [3.8, 4) is 0 Å². The molecule has 0 aromatic rings. The van der Waals surface area contributed by atoms with Crippen LogP contribution in [0.5, 0.6) is 0 Å². The number of carboxylic acids is 1. The van der Waals surface area contributed by atoms with Crippen LogP contribution in [0.3, 0.4) is 0 Å². The first kappa shape index (κ1) is 12.5. The van der Waals surface area contributed by atoms with Crippen molar-refractivity contribution >= 4 is 5.97 Å². The van der Waals surface area contributed by atoms with Crippen LogP contribution in [0.2, 0.25) is 0 Å². The van der Waals surface area contributed by atoms with E-state index in [1.54, 1.807) is 0 Å². The van der Waals surface area contributed by atoms with Crippen molar-refractivity contribution in [3.05, 3.63) is 0 Å². The van der Waals surface area contributed by atoms with E-state index in [1.807, 2.05) is 0 Å². The van der Waals surface area contributed by atoms with Crippen molar-refractivity contribution in [1.82, 2.24) is 5.32 Å². The van der Waals surface area contributed by atoms with Crippen molar-refractivity contribution in [2.45, 2.75) is 59.0 Å². The van der Waals surface area contributed by atoms with Crippen LogP contribution in [-0.2, 0) is 4.79 Å². The zero-order valence-electron chi connectivity index (χ0n) is 10.2. The van der Waals surface area contributed by atoms with Crippen LogP contribution in [0.4, 0.5) is 0 Å². The third kappa shape index (κ3) is 3.20. The van der Waals surface area contributed by atoms with Gasteiger partial charge >= 0.3 is 5.97 Å². The second-order valence-electron chi connectivity index (χ2n) is 5.68. The van der Waals surface area contributed by atoms with Crippen molar-refractivity contribution in [1.29, 1.82) is 0 Å². The molecule has 0 amide bonds. The van der Waals surface area contributed by atoms with Gasteiger partial charge in [-0.25, -0.2) is 0 Å². The predicted octanol–water partition coefficient (Wildman–Crippen LogP) is 2.26. The second kappa shape index (κ2) is 4.52. The number of hydrogen-bond donors (Lipinski definition) is 2. The van der Waals surface area contributed by atoms with Crippen LogP contribution >= 0.6 is 0 Å². The molecular formula is C12H23NO2. The SMILES string of the molecule is CC(C)C(C)(C)CC1CCC(C(=O)O)N1. The minimum absolute atomic E-state index is 0.283. The molecule has 1 saturated heterocycles. The fourth-order valence-electron chi connectivity index (χ4n) is 2.05. The topological polar surface area (TPSA) is 49.3 Å². The molecule has 1 aliphatic rings. The Hall–Kier alpha value is -0.570. The molecule has 3 nitrogen and oxygen atoms in total. The highest BCUT2D eigenvalue weighted by molar-refractivity contribution is 5.73. The van der Waals surface area contributed by atoms with E-state index in [-0.39, 0.29) is 11.5 Å². The number of aliphatic carboxylic acids is 1. The summed E-state index contributed by atoms with van der Waals surface area (Å²) in [6.45, 7) is 8.97. The fraction of sp³-hybridized carbons (Fsp3) is 0.917. The Kier molecular flexibility index (Phi) is 3.77. The smallest absolute Gasteiger partial charge is 0.320 e. The summed E-state index contributed by atoms with van der Waals surface area (Å²) in [5.74, 6) is -0.0805. The third-order valence-corrected chi connectivity index (χ3v) is 3.87. The van der Waals surface area contributed by atoms with E-state index in [4.69, 9.17) is 5.11 Å². The van der Waals surface area contributed by atoms with Crippen LogP contribution in [0, 0.1) is 11.3 Å². The predicted molar refractivity (Wildman–Crippen MR) is 60.8 cm³/mol. The van der Waals surface area contributed by atoms with Gasteiger partial charge in [-0.3, -0.25) is 4.79 Å². The number of carboxylic acid groups (broad SMARTS) is 1. The van der Waals surface area contributed by atoms with Gasteiger partial charge in [0.1, 0.15) is 6.04 Å². The average Bonchev–Trinajstić information content (AvgIpc) is 2.51. The van der Waals surface area contributed by atoms with Crippen molar-refractivity contribution < 1.29 is 9.90 Å². The lowest BCUT2D eigenvalue weighted by atomic mass is 9.76. The molecular weight excluding hydrogens is 190 g/mol. The van der Waals surface area contributed by atoms with E-state index in [0.29, 0.717) is 12.0 Å². The Balaban J connectivity index is 2.45. The zero-order valence-corrected chi connectivity index (χ0v) is 10.2. The molecule has 1 heterocycles. The Bertz CT molecular complexity index is 236. The Labute approximate surface area is 92.3 Å². The first-order valence-corrected chi connectivity index (χ1v) is 5.82. The molecule has 15 heavy (non-hydrogen) atoms. The monoisotopic (exact) mass is 213 g/mol. The van der Waals surface area contributed by atoms with Gasteiger partial charge in [-0.2, -0.15) is 0 Å². The van der Waals surface area contributed by atoms with Gasteiger partial charge in [0.25, 0.3) is 0 Å². The van der Waals surface area contributed by atoms with Crippen LogP contribution in [-0.4, -0.2) is 23.2 Å². The Morgan fingerprint density at radius 3 is 2.47 bits per heavy atom. The van der Waals surface area contributed by atoms with E-state index < -0.39 is 5.97 Å². The molecule has 0 aromatic heterocycles. The summed E-state index contributed by atoms with van der Waals surface area (Å²) in [6.07, 6.45) is 2.83. The summed E-state index contributed by atoms with van der Waals surface area (Å²) in [5.41, 5.74) is 0.283. The molecule has 0 spiro atoms. The molecule has 0 aliphatic carbocycles. The normalized spacial score (nSPS) is 27.3. The second-order valence-corrected chi connectivity index (χ2v) is 5.68. The van der Waals surface area contributed by atoms with Crippen LogP contribution < -0.4 is 5.32 Å². The number of hydrogen-bond acceptors (Lipinski definition) is 2. The van der Waals surface area contributed by atoms with E-state index in [1.165, 1.54) is 0 Å². The summed E-state index contributed by atoms with van der Waals surface area (Å²) >= 11 is 0. The maximum atomic E-state index is 10.8. The lowest BCUT2D eigenvalue weighted by Crippen LogP contribution is -2.38. The molecule has 88 valence electrons. The molecule has 0 radical (unpaired) electrons. The lowest BCUT2D eigenvalue weighted by Gasteiger charge is -2.32. The molecule has 2 N–H and O–H groups in total. The molecule has 1 fully saturated rings. The van der Waals surface area contributed by atoms with Crippen LogP contribution in [0.15, 0.2) is 0 Å². The fourth-order valence-corrected chi connectivity index (χ4v) is 2.05. The van der Waals surface area contributed by atoms with Gasteiger partial charge in [-0.1, -0.05) is 27.7 Å². The molecule has 0 aromatic carbocycles. The first-order valence-electron chi connectivity index (χ1n) is 5.82. The highest BCUT2D eigenvalue weighted by Crippen LogP contribution is 2.34. The maximum absolute atomic E-state index is 10.8. The van der Waals surface area contributed by atoms with Gasteiger partial charge in [0.15, 0.2) is 0 Å². The van der Waals surface area contributed by atoms with E-state index >= 15 is 0 Å². The van der Waals surface area contributed by atoms with Crippen molar-refractivity contribution in [2.75, 3.05) is 0 Å². The van der Waals surface area contributed by atoms with Crippen molar-refractivity contribution in [2.24, 2.45) is 11.3 Å². The number of rotatable bonds is 4. The lowest BCUT2D eigenvalue weighted by molar-refractivity contribution is -0.139. The Morgan fingerprint density at radius 1 is 1.47 bits per heavy atom. The van der Waals surface area contributed by atoms with Gasteiger partial charge in [-0.05, 0) is 30.6 Å². The minimum atomic E-state index is -0.708. The van der Waals surface area contributed by atoms with Crippen LogP contribution in [0.25, 0.3) is 0 Å². The minimum Gasteiger partial charge on any atom is -0.480 e. The van der Waals surface area contributed by atoms with E-state index in [2.05, 4.69) is 33.0 Å². The Morgan fingerprint density at radius 2 is 2.07 bits per heavy atom. The number of nitrogens with one attached hydrogen (secondary N) is 1. The quantitative estimate of drug-likeness (QED) is 0.753. The molecule has 3 heteroatoms. The average molecular weight is 213 g/mol. The molecule has 1 aliphatic heterocycles. The van der Waals surface area contributed by atoms with E-state index in [9.17, 15) is 4.79 Å². The summed E-state index contributed by atoms with van der Waals surface area (Å²) < 4.78 is 0. The molecule has 2 atom stereocenters. The van der Waals surface area contributed by atoms with E-state index in [0.717, 1.165) is 19.3 Å². The molecule has 0 saturated carbocycles. The summed E-state index contributed by atoms with van der Waals surface area (Å²) in [6, 6.07) is 0.0569. The first-order chi connectivity index (χ1) is 6.83. The summed E-state index contributed by atoms with van der Waals surface area (Å²) in [4.78, 5) is 10.8. The van der Waals surface area contributed by atoms with Gasteiger partial charge in [0.05, 0.1) is 0 Å². The number of carbonyl (C=O) groups is 1. The standard InChI is InChI=1S/C12H23NO2/c1-8(2)12(3,4)7-9-5-6-10(13-9)11(14)15/h8-10,13H,5-7H2,1-4H3,(H,14,15). The van der Waals surface area contributed by atoms with Crippen molar-refractivity contribution in [3.63, 3.8) is 0 Å². The molecule has 1 rings (SSSR count). The maximum Gasteiger partial charge on any atom is 0.320 e. The largest absolute Gasteiger partial charge is 0.480 e. The zero-order chi connectivity index (χ0) is 11.6. The summed E-state index contributed by atoms with van der Waals surface area (Å²) in [5, 5.41) is 12.1. The van der Waals surface area contributed by atoms with Crippen LogP contribution in [0.1, 0.15) is 47.0 Å². The molecule has 0 bridgehead atoms. The third-order valence-electron chi connectivity index (χ3n) is 3.87. The summed E-state index contributed by atoms with van der Waals surface area (Å²) in [7, 11) is 0. The molecule has 2 unspecified atom stereocenters. The highest BCUT2D eigenvalue weighted by Gasteiger charge is 2.33.